The largest absolute Gasteiger partial charge is 0.468 e. The highest BCUT2D eigenvalue weighted by Crippen LogP contribution is 2.51. The first-order valence-electron chi connectivity index (χ1n) is 10.0. The lowest BCUT2D eigenvalue weighted by atomic mass is 10.3. The Bertz CT molecular complexity index is 1220. The van der Waals surface area contributed by atoms with Crippen LogP contribution in [0.5, 0.6) is 17.2 Å². The van der Waals surface area contributed by atoms with E-state index in [0.29, 0.717) is 11.5 Å². The van der Waals surface area contributed by atoms with E-state index in [0.717, 1.165) is 0 Å². The summed E-state index contributed by atoms with van der Waals surface area (Å²) in [5.74, 6) is 0.473. The van der Waals surface area contributed by atoms with Crippen LogP contribution in [0.3, 0.4) is 0 Å². The molecule has 0 unspecified atom stereocenters. The number of esters is 1. The third-order valence-corrected chi connectivity index (χ3v) is 7.49. The van der Waals surface area contributed by atoms with E-state index in [9.17, 15) is 18.9 Å². The molecule has 13 nitrogen and oxygen atoms in total. The van der Waals surface area contributed by atoms with Gasteiger partial charge in [0.05, 0.1) is 13.7 Å². The maximum Gasteiger partial charge on any atom is 0.459 e. The Morgan fingerprint density at radius 3 is 2.94 bits per heavy atom. The Morgan fingerprint density at radius 1 is 1.35 bits per heavy atom. The Kier molecular flexibility index (Phi) is 7.33. The molecule has 2 aliphatic heterocycles. The summed E-state index contributed by atoms with van der Waals surface area (Å²) in [5, 5.41) is 2.55. The molecule has 0 radical (unpaired) electrons. The molecule has 1 fully saturated rings. The lowest BCUT2D eigenvalue weighted by Gasteiger charge is -2.24. The van der Waals surface area contributed by atoms with Crippen LogP contribution in [0, 0.1) is 0 Å². The fourth-order valence-corrected chi connectivity index (χ4v) is 5.74. The zero-order chi connectivity index (χ0) is 24.3. The molecule has 4 rings (SSSR count). The summed E-state index contributed by atoms with van der Waals surface area (Å²) in [6, 6.07) is 5.00. The number of carbonyl (C=O) groups is 1. The molecule has 1 saturated heterocycles. The van der Waals surface area contributed by atoms with Crippen molar-refractivity contribution in [2.75, 3.05) is 26.3 Å². The number of nitrogens with zero attached hydrogens (tertiary/aromatic N) is 1. The van der Waals surface area contributed by atoms with Crippen LogP contribution in [0.2, 0.25) is 0 Å². The zero-order valence-electron chi connectivity index (χ0n) is 18.1. The number of aromatic nitrogens is 2. The minimum atomic E-state index is -4.15. The summed E-state index contributed by atoms with van der Waals surface area (Å²) in [5.41, 5.74) is -1.74. The summed E-state index contributed by atoms with van der Waals surface area (Å²) in [4.78, 5) is 37.3. The average Bonchev–Trinajstić information content (AvgIpc) is 3.47. The smallest absolute Gasteiger partial charge is 0.459 e. The van der Waals surface area contributed by atoms with Crippen LogP contribution in [-0.2, 0) is 23.4 Å². The Morgan fingerprint density at radius 2 is 2.18 bits per heavy atom. The van der Waals surface area contributed by atoms with Crippen molar-refractivity contribution >= 4 is 25.5 Å². The fourth-order valence-electron chi connectivity index (χ4n) is 3.15. The van der Waals surface area contributed by atoms with Gasteiger partial charge >= 0.3 is 19.4 Å². The number of fused-ring (bicyclic) bond motifs is 1. The summed E-state index contributed by atoms with van der Waals surface area (Å²) in [7, 11) is -2.95. The number of benzene rings is 1. The minimum absolute atomic E-state index is 0.0229. The van der Waals surface area contributed by atoms with Crippen LogP contribution >= 0.6 is 19.5 Å². The van der Waals surface area contributed by atoms with Crippen LogP contribution in [0.4, 0.5) is 0 Å². The topological polar surface area (TPSA) is 156 Å². The number of carbonyl (C=O) groups excluding carboxylic acids is 1. The number of H-pyrrole nitrogens is 1. The standard InChI is InChI=1S/C19H22N3O10PS/c1-11(18(24)27-2)21-33(26,32-13-5-3-4-12-17(13)29-10-28-12)30-8-16-31-15(9-34-16)22-7-6-14(23)20-19(22)25/h3-7,11,15-16H,8-10H2,1-2H3,(H,21,26)(H,20,23,25)/t11-,15+,16-,33-/m0/s1. The predicted octanol–water partition coefficient (Wildman–Crippen LogP) is 1.21. The Hall–Kier alpha value is -2.77. The molecule has 1 aromatic carbocycles. The van der Waals surface area contributed by atoms with E-state index in [4.69, 9.17) is 23.3 Å². The highest BCUT2D eigenvalue weighted by Gasteiger charge is 2.37. The SMILES string of the molecule is COC(=O)[C@H](C)N[P@](=O)(OC[C@H]1O[C@@H](n2ccc(=O)[nH]c2=O)CS1)Oc1cccc2c1OCO2. The van der Waals surface area contributed by atoms with Crippen LogP contribution in [0.15, 0.2) is 40.1 Å². The summed E-state index contributed by atoms with van der Waals surface area (Å²) >= 11 is 1.32. The molecular formula is C19H22N3O10PS. The van der Waals surface area contributed by atoms with Gasteiger partial charge in [0.1, 0.15) is 17.7 Å². The average molecular weight is 515 g/mol. The van der Waals surface area contributed by atoms with E-state index in [2.05, 4.69) is 14.8 Å². The van der Waals surface area contributed by atoms with Gasteiger partial charge in [0.25, 0.3) is 5.56 Å². The van der Waals surface area contributed by atoms with Crippen LogP contribution in [0.25, 0.3) is 0 Å². The number of methoxy groups -OCH3 is 1. The van der Waals surface area contributed by atoms with Gasteiger partial charge in [0.15, 0.2) is 11.5 Å². The van der Waals surface area contributed by atoms with Gasteiger partial charge in [-0.1, -0.05) is 6.07 Å². The van der Waals surface area contributed by atoms with E-state index < -0.39 is 42.7 Å². The Labute approximate surface area is 197 Å². The van der Waals surface area contributed by atoms with Gasteiger partial charge in [0.2, 0.25) is 12.5 Å². The first kappa shape index (κ1) is 24.4. The highest BCUT2D eigenvalue weighted by atomic mass is 32.2. The van der Waals surface area contributed by atoms with Gasteiger partial charge < -0.3 is 23.5 Å². The molecule has 184 valence electrons. The van der Waals surface area contributed by atoms with Crippen molar-refractivity contribution in [3.8, 4) is 17.2 Å². The van der Waals surface area contributed by atoms with Crippen molar-refractivity contribution in [3.63, 3.8) is 0 Å². The molecule has 0 amide bonds. The molecule has 4 atom stereocenters. The van der Waals surface area contributed by atoms with Gasteiger partial charge in [-0.15, -0.1) is 11.8 Å². The molecule has 0 bridgehead atoms. The number of rotatable bonds is 9. The molecule has 15 heteroatoms. The highest BCUT2D eigenvalue weighted by molar-refractivity contribution is 8.00. The van der Waals surface area contributed by atoms with Gasteiger partial charge in [-0.2, -0.15) is 5.09 Å². The van der Waals surface area contributed by atoms with E-state index in [1.807, 2.05) is 0 Å². The lowest BCUT2D eigenvalue weighted by molar-refractivity contribution is -0.142. The van der Waals surface area contributed by atoms with Crippen molar-refractivity contribution in [1.82, 2.24) is 14.6 Å². The van der Waals surface area contributed by atoms with E-state index >= 15 is 0 Å². The number of hydrogen-bond acceptors (Lipinski definition) is 11. The predicted molar refractivity (Wildman–Crippen MR) is 119 cm³/mol. The molecular weight excluding hydrogens is 493 g/mol. The number of hydrogen-bond donors (Lipinski definition) is 2. The maximum absolute atomic E-state index is 13.6. The fraction of sp³-hybridized carbons (Fsp3) is 0.421. The minimum Gasteiger partial charge on any atom is -0.468 e. The first-order chi connectivity index (χ1) is 16.3. The number of nitrogens with one attached hydrogen (secondary N) is 2. The normalized spacial score (nSPS) is 21.6. The molecule has 1 aromatic heterocycles. The van der Waals surface area contributed by atoms with Crippen LogP contribution in [-0.4, -0.2) is 53.3 Å². The first-order valence-corrected chi connectivity index (χ1v) is 12.6. The second-order valence-electron chi connectivity index (χ2n) is 7.12. The number of ether oxygens (including phenoxy) is 4. The number of thioether (sulfide) groups is 1. The third kappa shape index (κ3) is 5.47. The quantitative estimate of drug-likeness (QED) is 0.364. The van der Waals surface area contributed by atoms with Gasteiger partial charge in [-0.3, -0.25) is 23.7 Å². The van der Waals surface area contributed by atoms with Crippen molar-refractivity contribution in [2.45, 2.75) is 24.6 Å². The maximum atomic E-state index is 13.6. The van der Waals surface area contributed by atoms with Crippen molar-refractivity contribution in [3.05, 3.63) is 51.3 Å². The summed E-state index contributed by atoms with van der Waals surface area (Å²) in [6.45, 7) is 1.22. The molecule has 2 aromatic rings. The second-order valence-corrected chi connectivity index (χ2v) is 10.0. The van der Waals surface area contributed by atoms with Gasteiger partial charge in [-0.25, -0.2) is 9.36 Å². The lowest BCUT2D eigenvalue weighted by Crippen LogP contribution is -2.35. The van der Waals surface area contributed by atoms with Gasteiger partial charge in [-0.05, 0) is 19.1 Å². The molecule has 3 heterocycles. The zero-order valence-corrected chi connectivity index (χ0v) is 19.8. The van der Waals surface area contributed by atoms with Crippen LogP contribution in [0.1, 0.15) is 13.2 Å². The molecule has 2 N–H and O–H groups in total. The van der Waals surface area contributed by atoms with Crippen molar-refractivity contribution in [2.24, 2.45) is 0 Å². The molecule has 2 aliphatic rings. The van der Waals surface area contributed by atoms with E-state index in [-0.39, 0.29) is 24.9 Å². The van der Waals surface area contributed by atoms with E-state index in [1.54, 1.807) is 12.1 Å². The monoisotopic (exact) mass is 515 g/mol. The van der Waals surface area contributed by atoms with Crippen molar-refractivity contribution in [1.29, 1.82) is 0 Å². The second kappa shape index (κ2) is 10.2. The number of aromatic amines is 1. The molecule has 0 spiro atoms. The van der Waals surface area contributed by atoms with Crippen molar-refractivity contribution < 1.29 is 37.4 Å². The Balaban J connectivity index is 1.47. The number of para-hydroxylation sites is 1. The molecule has 0 saturated carbocycles. The van der Waals surface area contributed by atoms with Crippen LogP contribution < -0.4 is 30.3 Å². The van der Waals surface area contributed by atoms with E-state index in [1.165, 1.54) is 48.7 Å². The molecule has 0 aliphatic carbocycles. The summed E-state index contributed by atoms with van der Waals surface area (Å²) < 4.78 is 47.3. The molecule has 34 heavy (non-hydrogen) atoms. The third-order valence-electron chi connectivity index (χ3n) is 4.76. The summed E-state index contributed by atoms with van der Waals surface area (Å²) in [6.07, 6.45) is 0.675. The van der Waals surface area contributed by atoms with Gasteiger partial charge in [0, 0.05) is 18.0 Å².